The van der Waals surface area contributed by atoms with Gasteiger partial charge in [0.15, 0.2) is 5.96 Å². The highest BCUT2D eigenvalue weighted by Crippen LogP contribution is 2.31. The number of aliphatic imine (C=N–C) groups is 1. The number of guanidine groups is 1. The molecular formula is C21H32F3IN4O2. The Morgan fingerprint density at radius 3 is 2.71 bits per heavy atom. The van der Waals surface area contributed by atoms with Crippen molar-refractivity contribution < 1.29 is 23.0 Å². The molecule has 6 nitrogen and oxygen atoms in total. The Labute approximate surface area is 199 Å². The van der Waals surface area contributed by atoms with Gasteiger partial charge in [-0.2, -0.15) is 13.2 Å². The zero-order chi connectivity index (χ0) is 22.0. The molecule has 10 heteroatoms. The van der Waals surface area contributed by atoms with Crippen molar-refractivity contribution in [3.8, 4) is 5.75 Å². The molecule has 0 aromatic heterocycles. The number of aliphatic hydroxyl groups excluding tert-OH is 1. The molecular weight excluding hydrogens is 524 g/mol. The summed E-state index contributed by atoms with van der Waals surface area (Å²) in [7, 11) is 0. The molecule has 0 radical (unpaired) electrons. The van der Waals surface area contributed by atoms with E-state index in [4.69, 9.17) is 4.74 Å². The van der Waals surface area contributed by atoms with Gasteiger partial charge in [0.1, 0.15) is 18.5 Å². The number of nitrogens with one attached hydrogen (secondary N) is 2. The van der Waals surface area contributed by atoms with Gasteiger partial charge in [0.2, 0.25) is 0 Å². The van der Waals surface area contributed by atoms with Gasteiger partial charge < -0.3 is 20.5 Å². The van der Waals surface area contributed by atoms with E-state index in [2.05, 4.69) is 27.1 Å². The summed E-state index contributed by atoms with van der Waals surface area (Å²) in [5, 5.41) is 16.7. The van der Waals surface area contributed by atoms with Gasteiger partial charge >= 0.3 is 6.18 Å². The summed E-state index contributed by atoms with van der Waals surface area (Å²) in [6.07, 6.45) is -1.50. The van der Waals surface area contributed by atoms with Gasteiger partial charge in [0.05, 0.1) is 12.1 Å². The molecule has 1 atom stereocenters. The number of halogens is 4. The summed E-state index contributed by atoms with van der Waals surface area (Å²) in [5.41, 5.74) is -0.787. The number of hydrogen-bond donors (Lipinski definition) is 3. The number of nitrogens with zero attached hydrogens (tertiary/aromatic N) is 2. The van der Waals surface area contributed by atoms with Gasteiger partial charge in [-0.25, -0.2) is 0 Å². The molecule has 1 heterocycles. The van der Waals surface area contributed by atoms with E-state index < -0.39 is 17.8 Å². The maximum Gasteiger partial charge on any atom is 0.416 e. The molecule has 0 bridgehead atoms. The Morgan fingerprint density at radius 1 is 1.39 bits per heavy atom. The van der Waals surface area contributed by atoms with Crippen molar-refractivity contribution >= 4 is 29.9 Å². The third-order valence-corrected chi connectivity index (χ3v) is 4.72. The van der Waals surface area contributed by atoms with Crippen LogP contribution in [0.1, 0.15) is 25.3 Å². The number of aliphatic hydroxyl groups is 1. The molecule has 0 aliphatic carbocycles. The van der Waals surface area contributed by atoms with Crippen LogP contribution < -0.4 is 15.4 Å². The highest BCUT2D eigenvalue weighted by molar-refractivity contribution is 14.0. The molecule has 0 amide bonds. The lowest BCUT2D eigenvalue weighted by molar-refractivity contribution is -0.137. The fourth-order valence-corrected chi connectivity index (χ4v) is 3.16. The molecule has 2 rings (SSSR count). The van der Waals surface area contributed by atoms with Gasteiger partial charge in [-0.3, -0.25) is 9.89 Å². The first-order valence-corrected chi connectivity index (χ1v) is 10.2. The van der Waals surface area contributed by atoms with E-state index in [-0.39, 0.29) is 42.9 Å². The lowest BCUT2D eigenvalue weighted by Gasteiger charge is -2.32. The van der Waals surface area contributed by atoms with Crippen molar-refractivity contribution in [2.24, 2.45) is 4.99 Å². The Bertz CT molecular complexity index is 695. The first-order valence-electron chi connectivity index (χ1n) is 10.2. The number of benzene rings is 1. The number of alkyl halides is 3. The smallest absolute Gasteiger partial charge is 0.416 e. The molecule has 0 saturated carbocycles. The number of rotatable bonds is 9. The Hall–Kier alpha value is -1.53. The molecule has 1 aliphatic rings. The first kappa shape index (κ1) is 27.5. The number of likely N-dealkylation sites (tertiary alicyclic amines) is 1. The van der Waals surface area contributed by atoms with Crippen LogP contribution in [0.25, 0.3) is 0 Å². The van der Waals surface area contributed by atoms with Gasteiger partial charge in [0.25, 0.3) is 0 Å². The summed E-state index contributed by atoms with van der Waals surface area (Å²) < 4.78 is 43.6. The molecule has 0 spiro atoms. The van der Waals surface area contributed by atoms with Crippen LogP contribution >= 0.6 is 24.0 Å². The number of ether oxygens (including phenoxy) is 1. The van der Waals surface area contributed by atoms with Crippen molar-refractivity contribution in [3.63, 3.8) is 0 Å². The van der Waals surface area contributed by atoms with E-state index in [9.17, 15) is 18.3 Å². The predicted molar refractivity (Wildman–Crippen MR) is 127 cm³/mol. The van der Waals surface area contributed by atoms with Crippen molar-refractivity contribution in [1.82, 2.24) is 15.5 Å². The van der Waals surface area contributed by atoms with Crippen molar-refractivity contribution in [2.75, 3.05) is 39.3 Å². The second-order valence-electron chi connectivity index (χ2n) is 7.22. The molecule has 1 unspecified atom stereocenters. The summed E-state index contributed by atoms with van der Waals surface area (Å²) in [5.74, 6) is 0.668. The minimum absolute atomic E-state index is 0. The molecule has 176 valence electrons. The Kier molecular flexibility index (Phi) is 12.2. The molecule has 3 N–H and O–H groups in total. The Balaban J connectivity index is 0.00000480. The average molecular weight is 556 g/mol. The number of hydrogen-bond acceptors (Lipinski definition) is 4. The van der Waals surface area contributed by atoms with Crippen LogP contribution in [0, 0.1) is 0 Å². The van der Waals surface area contributed by atoms with Gasteiger partial charge in [-0.05, 0) is 38.0 Å². The van der Waals surface area contributed by atoms with E-state index in [1.165, 1.54) is 12.1 Å². The lowest BCUT2D eigenvalue weighted by Crippen LogP contribution is -2.49. The highest BCUT2D eigenvalue weighted by atomic mass is 127. The number of piperidine rings is 1. The van der Waals surface area contributed by atoms with E-state index in [1.807, 2.05) is 13.0 Å². The molecule has 1 aromatic carbocycles. The zero-order valence-corrected chi connectivity index (χ0v) is 20.0. The van der Waals surface area contributed by atoms with Gasteiger partial charge in [-0.1, -0.05) is 12.1 Å². The van der Waals surface area contributed by atoms with Crippen LogP contribution in [-0.2, 0) is 6.18 Å². The third kappa shape index (κ3) is 10.1. The molecule has 31 heavy (non-hydrogen) atoms. The fourth-order valence-electron chi connectivity index (χ4n) is 3.16. The molecule has 1 aromatic rings. The maximum absolute atomic E-state index is 12.8. The fraction of sp³-hybridized carbons (Fsp3) is 0.571. The SMILES string of the molecule is C=CCN1CCC(NC(=NCC(O)COc2cccc(C(F)(F)F)c2)NCC)CC1.I. The van der Waals surface area contributed by atoms with Crippen LogP contribution in [0.4, 0.5) is 13.2 Å². The lowest BCUT2D eigenvalue weighted by atomic mass is 10.1. The van der Waals surface area contributed by atoms with E-state index in [0.717, 1.165) is 44.6 Å². The maximum atomic E-state index is 12.8. The van der Waals surface area contributed by atoms with Crippen LogP contribution in [0.3, 0.4) is 0 Å². The van der Waals surface area contributed by atoms with Gasteiger partial charge in [-0.15, -0.1) is 30.6 Å². The summed E-state index contributed by atoms with van der Waals surface area (Å²) >= 11 is 0. The van der Waals surface area contributed by atoms with Crippen molar-refractivity contribution in [3.05, 3.63) is 42.5 Å². The van der Waals surface area contributed by atoms with E-state index in [0.29, 0.717) is 18.5 Å². The quantitative estimate of drug-likeness (QED) is 0.189. The summed E-state index contributed by atoms with van der Waals surface area (Å²) in [6.45, 7) is 9.18. The van der Waals surface area contributed by atoms with Crippen LogP contribution in [0.2, 0.25) is 0 Å². The highest BCUT2D eigenvalue weighted by Gasteiger charge is 2.30. The summed E-state index contributed by atoms with van der Waals surface area (Å²) in [6, 6.07) is 4.89. The second kappa shape index (κ2) is 13.8. The second-order valence-corrected chi connectivity index (χ2v) is 7.22. The zero-order valence-electron chi connectivity index (χ0n) is 17.7. The molecule has 1 fully saturated rings. The average Bonchev–Trinajstić information content (AvgIpc) is 2.72. The van der Waals surface area contributed by atoms with Crippen LogP contribution in [-0.4, -0.2) is 67.4 Å². The molecule has 1 saturated heterocycles. The minimum Gasteiger partial charge on any atom is -0.491 e. The molecule has 1 aliphatic heterocycles. The van der Waals surface area contributed by atoms with Crippen LogP contribution in [0.15, 0.2) is 41.9 Å². The standard InChI is InChI=1S/C21H31F3N4O2.HI/c1-3-10-28-11-8-17(9-12-28)27-20(25-4-2)26-14-18(29)15-30-19-7-5-6-16(13-19)21(22,23)24;/h3,5-7,13,17-18,29H,1,4,8-12,14-15H2,2H3,(H2,25,26,27);1H. The normalized spacial score (nSPS) is 16.9. The van der Waals surface area contributed by atoms with Crippen molar-refractivity contribution in [2.45, 2.75) is 38.1 Å². The predicted octanol–water partition coefficient (Wildman–Crippen LogP) is 3.27. The first-order chi connectivity index (χ1) is 14.3. The monoisotopic (exact) mass is 556 g/mol. The van der Waals surface area contributed by atoms with Crippen LogP contribution in [0.5, 0.6) is 5.75 Å². The van der Waals surface area contributed by atoms with E-state index >= 15 is 0 Å². The van der Waals surface area contributed by atoms with Crippen molar-refractivity contribution in [1.29, 1.82) is 0 Å². The topological polar surface area (TPSA) is 69.1 Å². The van der Waals surface area contributed by atoms with E-state index in [1.54, 1.807) is 0 Å². The third-order valence-electron chi connectivity index (χ3n) is 4.72. The minimum atomic E-state index is -4.43. The Morgan fingerprint density at radius 2 is 2.10 bits per heavy atom. The summed E-state index contributed by atoms with van der Waals surface area (Å²) in [4.78, 5) is 6.72. The van der Waals surface area contributed by atoms with Gasteiger partial charge in [0, 0.05) is 32.2 Å². The largest absolute Gasteiger partial charge is 0.491 e.